The Kier molecular flexibility index (Phi) is 6.42. The number of nitrogens with zero attached hydrogens (tertiary/aromatic N) is 4. The van der Waals surface area contributed by atoms with Crippen LogP contribution >= 0.6 is 0 Å². The number of aryl methyl sites for hydroxylation is 1. The number of fused-ring (bicyclic) bond motifs is 1. The zero-order valence-corrected chi connectivity index (χ0v) is 19.1. The minimum Gasteiger partial charge on any atom is -0.371 e. The molecule has 0 bridgehead atoms. The molecule has 1 aromatic heterocycles. The summed E-state index contributed by atoms with van der Waals surface area (Å²) in [6.07, 6.45) is 3.15. The molecule has 4 N–H and O–H groups in total. The third kappa shape index (κ3) is 4.46. The van der Waals surface area contributed by atoms with Gasteiger partial charge in [-0.3, -0.25) is 14.2 Å². The van der Waals surface area contributed by atoms with Crippen LogP contribution in [0.15, 0.2) is 21.7 Å². The summed E-state index contributed by atoms with van der Waals surface area (Å²) in [7, 11) is 0. The number of nitrogen functional groups attached to an aromatic ring is 1. The lowest BCUT2D eigenvalue weighted by Crippen LogP contribution is -2.46. The van der Waals surface area contributed by atoms with Crippen LogP contribution in [-0.2, 0) is 4.79 Å². The number of nitrogens with two attached hydrogens (primary N) is 1. The van der Waals surface area contributed by atoms with E-state index in [4.69, 9.17) is 11.1 Å². The van der Waals surface area contributed by atoms with Crippen molar-refractivity contribution in [2.45, 2.75) is 51.6 Å². The quantitative estimate of drug-likeness (QED) is 0.387. The van der Waals surface area contributed by atoms with Crippen LogP contribution in [0.4, 0.5) is 5.69 Å². The molecule has 0 spiro atoms. The molecule has 0 radical (unpaired) electrons. The van der Waals surface area contributed by atoms with E-state index in [2.05, 4.69) is 21.6 Å². The molecule has 10 heteroatoms. The molecule has 2 unspecified atom stereocenters. The third-order valence-electron chi connectivity index (χ3n) is 6.77. The van der Waals surface area contributed by atoms with E-state index in [1.54, 1.807) is 10.6 Å². The van der Waals surface area contributed by atoms with Gasteiger partial charge in [0.25, 0.3) is 5.56 Å². The Bertz CT molecular complexity index is 1220. The smallest absolute Gasteiger partial charge is 0.350 e. The highest BCUT2D eigenvalue weighted by Gasteiger charge is 2.32. The first-order chi connectivity index (χ1) is 15.8. The Balaban J connectivity index is 1.64. The number of carbonyl (C=O) groups excluding carboxylic acids is 1. The summed E-state index contributed by atoms with van der Waals surface area (Å²) < 4.78 is 2.40. The Morgan fingerprint density at radius 1 is 1.30 bits per heavy atom. The van der Waals surface area contributed by atoms with Crippen molar-refractivity contribution in [2.24, 2.45) is 5.92 Å². The van der Waals surface area contributed by atoms with Gasteiger partial charge in [-0.2, -0.15) is 9.94 Å². The average molecular weight is 454 g/mol. The minimum absolute atomic E-state index is 0.0575. The molecule has 2 aliphatic rings. The molecular formula is C23H31N7O3. The first-order valence-electron chi connectivity index (χ1n) is 11.5. The number of nitriles is 1. The lowest BCUT2D eigenvalue weighted by Gasteiger charge is -2.27. The molecule has 4 rings (SSSR count). The van der Waals surface area contributed by atoms with Crippen LogP contribution in [0.2, 0.25) is 0 Å². The summed E-state index contributed by atoms with van der Waals surface area (Å²) >= 11 is 0. The fourth-order valence-corrected chi connectivity index (χ4v) is 4.92. The highest BCUT2D eigenvalue weighted by molar-refractivity contribution is 5.87. The predicted octanol–water partition coefficient (Wildman–Crippen LogP) is 0.355. The molecule has 1 aliphatic heterocycles. The summed E-state index contributed by atoms with van der Waals surface area (Å²) in [6, 6.07) is 6.00. The second kappa shape index (κ2) is 9.27. The molecule has 2 atom stereocenters. The topological polar surface area (TPSA) is 138 Å². The van der Waals surface area contributed by atoms with E-state index < -0.39 is 11.2 Å². The zero-order valence-electron chi connectivity index (χ0n) is 19.1. The number of hydrogen-bond donors (Lipinski definition) is 3. The fourth-order valence-electron chi connectivity index (χ4n) is 4.92. The average Bonchev–Trinajstić information content (AvgIpc) is 3.51. The Morgan fingerprint density at radius 2 is 2.06 bits per heavy atom. The second-order valence-electron chi connectivity index (χ2n) is 9.07. The monoisotopic (exact) mass is 453 g/mol. The maximum atomic E-state index is 12.8. The van der Waals surface area contributed by atoms with Gasteiger partial charge in [0.2, 0.25) is 5.91 Å². The van der Waals surface area contributed by atoms with Gasteiger partial charge >= 0.3 is 5.69 Å². The summed E-state index contributed by atoms with van der Waals surface area (Å²) in [5.74, 6) is 5.99. The molecule has 1 amide bonds. The van der Waals surface area contributed by atoms with Crippen LogP contribution in [-0.4, -0.2) is 47.4 Å². The molecule has 10 nitrogen and oxygen atoms in total. The third-order valence-corrected chi connectivity index (χ3v) is 6.77. The van der Waals surface area contributed by atoms with E-state index in [9.17, 15) is 14.4 Å². The van der Waals surface area contributed by atoms with Gasteiger partial charge in [0, 0.05) is 57.3 Å². The van der Waals surface area contributed by atoms with Crippen molar-refractivity contribution in [3.63, 3.8) is 0 Å². The minimum atomic E-state index is -0.474. The molecule has 2 fully saturated rings. The van der Waals surface area contributed by atoms with Crippen molar-refractivity contribution >= 4 is 22.5 Å². The van der Waals surface area contributed by atoms with Crippen LogP contribution in [0, 0.1) is 24.2 Å². The lowest BCUT2D eigenvalue weighted by atomic mass is 9.98. The normalized spacial score (nSPS) is 18.9. The van der Waals surface area contributed by atoms with Gasteiger partial charge in [0.1, 0.15) is 0 Å². The SMILES string of the molecule is CC(=O)NCC(NCCC#N)C1CCN(c2ccc3c(=O)n(N)c(=O)n(C4CC4)c3c2C)C1. The molecule has 1 saturated heterocycles. The second-order valence-corrected chi connectivity index (χ2v) is 9.07. The van der Waals surface area contributed by atoms with Gasteiger partial charge in [0.15, 0.2) is 0 Å². The molecular weight excluding hydrogens is 422 g/mol. The van der Waals surface area contributed by atoms with Crippen LogP contribution in [0.3, 0.4) is 0 Å². The number of nitrogens with one attached hydrogen (secondary N) is 2. The van der Waals surface area contributed by atoms with Crippen molar-refractivity contribution < 1.29 is 4.79 Å². The van der Waals surface area contributed by atoms with Gasteiger partial charge in [-0.25, -0.2) is 4.79 Å². The summed E-state index contributed by atoms with van der Waals surface area (Å²) in [4.78, 5) is 39.2. The number of hydrogen-bond acceptors (Lipinski definition) is 7. The van der Waals surface area contributed by atoms with Crippen LogP contribution < -0.4 is 32.6 Å². The van der Waals surface area contributed by atoms with Crippen molar-refractivity contribution in [2.75, 3.05) is 36.9 Å². The summed E-state index contributed by atoms with van der Waals surface area (Å²) in [5, 5.41) is 15.6. The Labute approximate surface area is 191 Å². The first kappa shape index (κ1) is 22.9. The van der Waals surface area contributed by atoms with Crippen molar-refractivity contribution in [3.8, 4) is 6.07 Å². The lowest BCUT2D eigenvalue weighted by molar-refractivity contribution is -0.119. The van der Waals surface area contributed by atoms with E-state index in [0.717, 1.165) is 43.6 Å². The maximum absolute atomic E-state index is 12.8. The molecule has 1 aromatic carbocycles. The van der Waals surface area contributed by atoms with E-state index >= 15 is 0 Å². The van der Waals surface area contributed by atoms with Gasteiger partial charge in [-0.05, 0) is 49.8 Å². The number of anilines is 1. The number of rotatable bonds is 8. The fraction of sp³-hybridized carbons (Fsp3) is 0.565. The van der Waals surface area contributed by atoms with Gasteiger partial charge in [0.05, 0.1) is 17.0 Å². The summed E-state index contributed by atoms with van der Waals surface area (Å²) in [5.41, 5.74) is 1.65. The summed E-state index contributed by atoms with van der Waals surface area (Å²) in [6.45, 7) is 6.15. The van der Waals surface area contributed by atoms with Crippen LogP contribution in [0.1, 0.15) is 44.2 Å². The van der Waals surface area contributed by atoms with Crippen molar-refractivity contribution in [1.82, 2.24) is 19.9 Å². The van der Waals surface area contributed by atoms with Gasteiger partial charge < -0.3 is 21.4 Å². The van der Waals surface area contributed by atoms with E-state index in [0.29, 0.717) is 35.1 Å². The number of benzene rings is 1. The zero-order chi connectivity index (χ0) is 23.7. The van der Waals surface area contributed by atoms with Crippen LogP contribution in [0.5, 0.6) is 0 Å². The first-order valence-corrected chi connectivity index (χ1v) is 11.5. The molecule has 176 valence electrons. The highest BCUT2D eigenvalue weighted by atomic mass is 16.2. The standard InChI is InChI=1S/C23H31N7O3/c1-14-20(7-6-18-21(14)29(17-4-5-17)23(33)30(25)22(18)32)28-11-8-16(13-28)19(12-27-15(2)31)26-10-3-9-24/h6-7,16-17,19,26H,3-5,8,10-13,25H2,1-2H3,(H,27,31). The Morgan fingerprint density at radius 3 is 2.73 bits per heavy atom. The molecule has 2 aromatic rings. The molecule has 2 heterocycles. The van der Waals surface area contributed by atoms with Gasteiger partial charge in [-0.1, -0.05) is 0 Å². The predicted molar refractivity (Wildman–Crippen MR) is 127 cm³/mol. The number of carbonyl (C=O) groups is 1. The van der Waals surface area contributed by atoms with Gasteiger partial charge in [-0.15, -0.1) is 0 Å². The maximum Gasteiger partial charge on any atom is 0.350 e. The molecule has 33 heavy (non-hydrogen) atoms. The van der Waals surface area contributed by atoms with Crippen LogP contribution in [0.25, 0.3) is 10.9 Å². The van der Waals surface area contributed by atoms with Crippen molar-refractivity contribution in [1.29, 1.82) is 5.26 Å². The van der Waals surface area contributed by atoms with Crippen molar-refractivity contribution in [3.05, 3.63) is 38.5 Å². The number of aromatic nitrogens is 2. The molecule has 1 aliphatic carbocycles. The largest absolute Gasteiger partial charge is 0.371 e. The van der Waals surface area contributed by atoms with E-state index in [1.807, 2.05) is 13.0 Å². The number of amides is 1. The highest BCUT2D eigenvalue weighted by Crippen LogP contribution is 2.38. The van der Waals surface area contributed by atoms with E-state index in [1.165, 1.54) is 6.92 Å². The molecule has 1 saturated carbocycles. The Hall–Kier alpha value is -3.32. The van der Waals surface area contributed by atoms with E-state index in [-0.39, 0.29) is 23.9 Å².